The number of hydrogen-bond acceptors (Lipinski definition) is 3. The maximum atomic E-state index is 9.97. The number of aliphatic imine (C=N–C) groups is 1. The highest BCUT2D eigenvalue weighted by atomic mass is 15.4. The second kappa shape index (κ2) is 7.21. The molecule has 0 amide bonds. The van der Waals surface area contributed by atoms with Crippen molar-refractivity contribution in [3.05, 3.63) is 108 Å². The van der Waals surface area contributed by atoms with Gasteiger partial charge in [-0.25, -0.2) is 9.67 Å². The highest BCUT2D eigenvalue weighted by molar-refractivity contribution is 6.03. The summed E-state index contributed by atoms with van der Waals surface area (Å²) < 4.78 is 1.92. The predicted molar refractivity (Wildman–Crippen MR) is 114 cm³/mol. The summed E-state index contributed by atoms with van der Waals surface area (Å²) in [5.41, 5.74) is 5.33. The Kier molecular flexibility index (Phi) is 4.27. The fraction of sp³-hybridized carbons (Fsp3) is 0.0800. The van der Waals surface area contributed by atoms with Gasteiger partial charge < -0.3 is 0 Å². The molecule has 0 spiro atoms. The van der Waals surface area contributed by atoms with Crippen LogP contribution < -0.4 is 0 Å². The first kappa shape index (κ1) is 17.2. The van der Waals surface area contributed by atoms with Crippen LogP contribution >= 0.6 is 0 Å². The molecule has 1 unspecified atom stereocenters. The van der Waals surface area contributed by atoms with Gasteiger partial charge in [-0.05, 0) is 11.1 Å². The quantitative estimate of drug-likeness (QED) is 0.473. The van der Waals surface area contributed by atoms with E-state index in [2.05, 4.69) is 30.3 Å². The molecule has 0 bridgehead atoms. The molecule has 0 aliphatic carbocycles. The molecule has 138 valence electrons. The molecule has 29 heavy (non-hydrogen) atoms. The summed E-state index contributed by atoms with van der Waals surface area (Å²) in [5, 5.41) is 14.8. The zero-order valence-electron chi connectivity index (χ0n) is 15.7. The Hall–Kier alpha value is -3.97. The smallest absolute Gasteiger partial charge is 0.170 e. The lowest BCUT2D eigenvalue weighted by Crippen LogP contribution is -2.21. The molecule has 5 rings (SSSR count). The van der Waals surface area contributed by atoms with E-state index in [1.165, 1.54) is 0 Å². The van der Waals surface area contributed by atoms with Gasteiger partial charge >= 0.3 is 0 Å². The number of nitriles is 1. The summed E-state index contributed by atoms with van der Waals surface area (Å²) >= 11 is 0. The van der Waals surface area contributed by atoms with E-state index in [4.69, 9.17) is 10.1 Å². The molecule has 0 N–H and O–H groups in total. The number of rotatable bonds is 3. The van der Waals surface area contributed by atoms with Gasteiger partial charge in [0.15, 0.2) is 5.82 Å². The molecule has 1 atom stereocenters. The topological polar surface area (TPSA) is 54.0 Å². The van der Waals surface area contributed by atoms with Crippen LogP contribution in [-0.2, 0) is 0 Å². The van der Waals surface area contributed by atoms with E-state index in [1.807, 2.05) is 71.4 Å². The molecule has 1 aromatic heterocycles. The fourth-order valence-electron chi connectivity index (χ4n) is 3.84. The lowest BCUT2D eigenvalue weighted by molar-refractivity contribution is 0.534. The van der Waals surface area contributed by atoms with E-state index in [0.29, 0.717) is 17.1 Å². The van der Waals surface area contributed by atoms with Gasteiger partial charge in [-0.2, -0.15) is 10.4 Å². The van der Waals surface area contributed by atoms with Crippen LogP contribution in [0.3, 0.4) is 0 Å². The lowest BCUT2D eigenvalue weighted by atomic mass is 9.95. The minimum Gasteiger partial charge on any atom is -0.238 e. The van der Waals surface area contributed by atoms with E-state index >= 15 is 0 Å². The molecule has 0 saturated carbocycles. The number of fused-ring (bicyclic) bond motifs is 1. The molecule has 4 nitrogen and oxygen atoms in total. The minimum absolute atomic E-state index is 0.0107. The predicted octanol–water partition coefficient (Wildman–Crippen LogP) is 5.54. The Bertz CT molecular complexity index is 1220. The van der Waals surface area contributed by atoms with Gasteiger partial charge in [0.05, 0.1) is 11.8 Å². The van der Waals surface area contributed by atoms with E-state index < -0.39 is 0 Å². The van der Waals surface area contributed by atoms with Crippen molar-refractivity contribution < 1.29 is 0 Å². The molecule has 4 aromatic rings. The van der Waals surface area contributed by atoms with Crippen LogP contribution in [-0.4, -0.2) is 15.5 Å². The van der Waals surface area contributed by atoms with Crippen molar-refractivity contribution in [3.63, 3.8) is 0 Å². The second-order valence-electron chi connectivity index (χ2n) is 7.02. The van der Waals surface area contributed by atoms with E-state index in [-0.39, 0.29) is 6.04 Å². The third-order valence-electron chi connectivity index (χ3n) is 5.26. The Morgan fingerprint density at radius 3 is 2.00 bits per heavy atom. The molecule has 0 radical (unpaired) electrons. The molecule has 0 saturated heterocycles. The average molecular weight is 374 g/mol. The summed E-state index contributed by atoms with van der Waals surface area (Å²) in [7, 11) is 0. The molecule has 0 fully saturated rings. The first-order valence-corrected chi connectivity index (χ1v) is 9.61. The van der Waals surface area contributed by atoms with Crippen LogP contribution in [0.5, 0.6) is 0 Å². The summed E-state index contributed by atoms with van der Waals surface area (Å²) in [4.78, 5) is 4.90. The Balaban J connectivity index is 1.74. The van der Waals surface area contributed by atoms with Gasteiger partial charge in [-0.3, -0.25) is 0 Å². The van der Waals surface area contributed by atoms with Crippen molar-refractivity contribution in [3.8, 4) is 17.3 Å². The van der Waals surface area contributed by atoms with Crippen LogP contribution in [0.1, 0.15) is 29.2 Å². The molecule has 4 heteroatoms. The highest BCUT2D eigenvalue weighted by Gasteiger charge is 2.30. The average Bonchev–Trinajstić information content (AvgIpc) is 3.19. The molecule has 3 aromatic carbocycles. The van der Waals surface area contributed by atoms with Crippen LogP contribution in [0.4, 0.5) is 5.82 Å². The standard InChI is InChI=1S/C25H18N4/c26-17-21-24(20-14-8-3-9-15-20)28-29-23(19-12-6-2-7-13-19)16-22(27-25(21)29)18-10-4-1-5-11-18/h1-15,23H,16H2. The first-order valence-electron chi connectivity index (χ1n) is 9.61. The van der Waals surface area contributed by atoms with E-state index in [9.17, 15) is 5.26 Å². The fourth-order valence-corrected chi connectivity index (χ4v) is 3.84. The first-order chi connectivity index (χ1) is 14.3. The zero-order chi connectivity index (χ0) is 19.6. The van der Waals surface area contributed by atoms with Gasteiger partial charge in [0.1, 0.15) is 17.3 Å². The van der Waals surface area contributed by atoms with Crippen LogP contribution in [0, 0.1) is 11.3 Å². The number of nitrogens with zero attached hydrogens (tertiary/aromatic N) is 4. The molecule has 1 aliphatic heterocycles. The molecular formula is C25H18N4. The van der Waals surface area contributed by atoms with Gasteiger partial charge in [-0.15, -0.1) is 0 Å². The summed E-state index contributed by atoms with van der Waals surface area (Å²) in [6, 6.07) is 32.7. The number of hydrogen-bond donors (Lipinski definition) is 0. The largest absolute Gasteiger partial charge is 0.238 e. The lowest BCUT2D eigenvalue weighted by Gasteiger charge is -2.25. The molecule has 1 aliphatic rings. The van der Waals surface area contributed by atoms with E-state index in [0.717, 1.165) is 28.8 Å². The van der Waals surface area contributed by atoms with Crippen molar-refractivity contribution in [2.24, 2.45) is 4.99 Å². The van der Waals surface area contributed by atoms with Crippen molar-refractivity contribution in [1.29, 1.82) is 5.26 Å². The molecule has 2 heterocycles. The van der Waals surface area contributed by atoms with Crippen molar-refractivity contribution in [1.82, 2.24) is 9.78 Å². The van der Waals surface area contributed by atoms with Crippen LogP contribution in [0.15, 0.2) is 96.0 Å². The van der Waals surface area contributed by atoms with E-state index in [1.54, 1.807) is 0 Å². The number of aromatic nitrogens is 2. The van der Waals surface area contributed by atoms with Gasteiger partial charge in [0, 0.05) is 12.0 Å². The van der Waals surface area contributed by atoms with Gasteiger partial charge in [0.2, 0.25) is 0 Å². The third-order valence-corrected chi connectivity index (χ3v) is 5.26. The van der Waals surface area contributed by atoms with Gasteiger partial charge in [0.25, 0.3) is 0 Å². The highest BCUT2D eigenvalue weighted by Crippen LogP contribution is 2.39. The SMILES string of the molecule is N#Cc1c(-c2ccccc2)nn2c1N=C(c1ccccc1)CC2c1ccccc1. The minimum atomic E-state index is -0.0107. The summed E-state index contributed by atoms with van der Waals surface area (Å²) in [5.74, 6) is 0.630. The van der Waals surface area contributed by atoms with Crippen molar-refractivity contribution in [2.75, 3.05) is 0 Å². The second-order valence-corrected chi connectivity index (χ2v) is 7.02. The Labute approximate surface area is 169 Å². The molecular weight excluding hydrogens is 356 g/mol. The van der Waals surface area contributed by atoms with Crippen LogP contribution in [0.2, 0.25) is 0 Å². The zero-order valence-corrected chi connectivity index (χ0v) is 15.7. The van der Waals surface area contributed by atoms with Crippen molar-refractivity contribution >= 4 is 11.5 Å². The maximum absolute atomic E-state index is 9.97. The Morgan fingerprint density at radius 1 is 0.793 bits per heavy atom. The maximum Gasteiger partial charge on any atom is 0.170 e. The number of benzene rings is 3. The van der Waals surface area contributed by atoms with Crippen LogP contribution in [0.25, 0.3) is 11.3 Å². The monoisotopic (exact) mass is 374 g/mol. The summed E-state index contributed by atoms with van der Waals surface area (Å²) in [6.07, 6.45) is 0.724. The Morgan fingerprint density at radius 2 is 1.38 bits per heavy atom. The normalized spacial score (nSPS) is 15.3. The van der Waals surface area contributed by atoms with Gasteiger partial charge in [-0.1, -0.05) is 91.0 Å². The third kappa shape index (κ3) is 3.03. The van der Waals surface area contributed by atoms with Crippen molar-refractivity contribution in [2.45, 2.75) is 12.5 Å². The summed E-state index contributed by atoms with van der Waals surface area (Å²) in [6.45, 7) is 0.